The summed E-state index contributed by atoms with van der Waals surface area (Å²) < 4.78 is 0. The highest BCUT2D eigenvalue weighted by molar-refractivity contribution is 6.12. The van der Waals surface area contributed by atoms with E-state index in [-0.39, 0.29) is 10.8 Å². The molecule has 4 aromatic rings. The van der Waals surface area contributed by atoms with Gasteiger partial charge in [0.2, 0.25) is 5.95 Å². The smallest absolute Gasteiger partial charge is 0.230 e. The zero-order valence-electron chi connectivity index (χ0n) is 19.0. The van der Waals surface area contributed by atoms with Gasteiger partial charge in [-0.25, -0.2) is 15.0 Å². The van der Waals surface area contributed by atoms with Crippen LogP contribution in [0.1, 0.15) is 44.7 Å². The van der Waals surface area contributed by atoms with Gasteiger partial charge in [0.25, 0.3) is 0 Å². The number of rotatable bonds is 2. The molecule has 2 aromatic heterocycles. The molecule has 2 saturated carbocycles. The summed E-state index contributed by atoms with van der Waals surface area (Å²) in [5, 5.41) is 0. The molecule has 0 spiro atoms. The number of aliphatic imine (C=N–C) groups is 1. The fourth-order valence-electron chi connectivity index (χ4n) is 5.70. The lowest BCUT2D eigenvalue weighted by atomic mass is 9.70. The van der Waals surface area contributed by atoms with Crippen molar-refractivity contribution in [3.8, 4) is 0 Å². The van der Waals surface area contributed by atoms with Crippen molar-refractivity contribution >= 4 is 40.1 Å². The molecule has 2 unspecified atom stereocenters. The van der Waals surface area contributed by atoms with Crippen LogP contribution in [0.25, 0.3) is 28.4 Å². The summed E-state index contributed by atoms with van der Waals surface area (Å²) in [5.41, 5.74) is 8.16. The Bertz CT molecular complexity index is 1370. The van der Waals surface area contributed by atoms with E-state index in [9.17, 15) is 0 Å². The Morgan fingerprint density at radius 2 is 1.69 bits per heavy atom. The molecule has 5 nitrogen and oxygen atoms in total. The minimum Gasteiger partial charge on any atom is -0.306 e. The summed E-state index contributed by atoms with van der Waals surface area (Å²) in [7, 11) is 0. The van der Waals surface area contributed by atoms with Gasteiger partial charge in [-0.05, 0) is 60.4 Å². The van der Waals surface area contributed by atoms with Crippen LogP contribution in [0, 0.1) is 23.7 Å². The van der Waals surface area contributed by atoms with Crippen molar-refractivity contribution in [2.75, 3.05) is 0 Å². The lowest BCUT2D eigenvalue weighted by Gasteiger charge is -2.33. The number of aromatic nitrogens is 4. The minimum atomic E-state index is 0.0126. The van der Waals surface area contributed by atoms with Crippen molar-refractivity contribution in [3.63, 3.8) is 0 Å². The van der Waals surface area contributed by atoms with Crippen LogP contribution in [0.4, 0.5) is 5.95 Å². The van der Waals surface area contributed by atoms with Crippen LogP contribution >= 0.6 is 0 Å². The Kier molecular flexibility index (Phi) is 3.98. The number of nitrogens with one attached hydrogen (secondary N) is 1. The first-order chi connectivity index (χ1) is 15.3. The molecule has 1 N–H and O–H groups in total. The van der Waals surface area contributed by atoms with Gasteiger partial charge in [0.15, 0.2) is 11.3 Å². The van der Waals surface area contributed by atoms with Gasteiger partial charge in [0, 0.05) is 5.41 Å². The van der Waals surface area contributed by atoms with Crippen molar-refractivity contribution in [1.82, 2.24) is 19.9 Å². The third kappa shape index (κ3) is 2.70. The van der Waals surface area contributed by atoms with E-state index >= 15 is 0 Å². The number of benzene rings is 2. The zero-order valence-corrected chi connectivity index (χ0v) is 19.0. The predicted octanol–water partition coefficient (Wildman–Crippen LogP) is 6.43. The molecule has 2 aliphatic rings. The Hall–Kier alpha value is -3.34. The number of aromatic amines is 1. The summed E-state index contributed by atoms with van der Waals surface area (Å²) in [6, 6.07) is 16.6. The van der Waals surface area contributed by atoms with Crippen LogP contribution < -0.4 is 0 Å². The summed E-state index contributed by atoms with van der Waals surface area (Å²) >= 11 is 0. The largest absolute Gasteiger partial charge is 0.306 e. The summed E-state index contributed by atoms with van der Waals surface area (Å²) in [6.45, 7) is 9.28. The van der Waals surface area contributed by atoms with E-state index in [0.29, 0.717) is 23.2 Å². The highest BCUT2D eigenvalue weighted by Crippen LogP contribution is 2.66. The monoisotopic (exact) mass is 421 g/mol. The van der Waals surface area contributed by atoms with Crippen LogP contribution in [0.3, 0.4) is 0 Å². The van der Waals surface area contributed by atoms with Gasteiger partial charge in [-0.3, -0.25) is 0 Å². The van der Waals surface area contributed by atoms with Crippen LogP contribution in [0.2, 0.25) is 0 Å². The minimum absolute atomic E-state index is 0.0126. The topological polar surface area (TPSA) is 66.8 Å². The molecule has 0 amide bonds. The predicted molar refractivity (Wildman–Crippen MR) is 130 cm³/mol. The number of nitrogens with zero attached hydrogens (tertiary/aromatic N) is 4. The van der Waals surface area contributed by atoms with E-state index in [1.54, 1.807) is 0 Å². The molecule has 32 heavy (non-hydrogen) atoms. The van der Waals surface area contributed by atoms with Gasteiger partial charge in [-0.2, -0.15) is 4.98 Å². The van der Waals surface area contributed by atoms with E-state index < -0.39 is 0 Å². The third-order valence-electron chi connectivity index (χ3n) is 8.01. The number of para-hydroxylation sites is 2. The molecule has 160 valence electrons. The maximum absolute atomic E-state index is 5.13. The van der Waals surface area contributed by atoms with Gasteiger partial charge in [0.1, 0.15) is 0 Å². The molecule has 5 heteroatoms. The number of fused-ring (bicyclic) bond motifs is 4. The number of hydrogen-bond acceptors (Lipinski definition) is 4. The second-order valence-electron chi connectivity index (χ2n) is 10.1. The zero-order chi connectivity index (χ0) is 22.1. The van der Waals surface area contributed by atoms with E-state index in [4.69, 9.17) is 15.0 Å². The molecule has 2 atom stereocenters. The lowest BCUT2D eigenvalue weighted by molar-refractivity contribution is 0.203. The molecule has 0 aliphatic heterocycles. The first-order valence-corrected chi connectivity index (χ1v) is 11.4. The van der Waals surface area contributed by atoms with Gasteiger partial charge in [0.05, 0.1) is 16.7 Å². The van der Waals surface area contributed by atoms with E-state index in [1.165, 1.54) is 23.1 Å². The molecule has 2 aromatic carbocycles. The summed E-state index contributed by atoms with van der Waals surface area (Å²) in [4.78, 5) is 22.5. The number of hydrogen-bond donors (Lipinski definition) is 1. The fourth-order valence-corrected chi connectivity index (χ4v) is 5.70. The number of aryl methyl sites for hydroxylation is 1. The number of H-pyrrole nitrogens is 1. The first kappa shape index (κ1) is 19.4. The molecule has 0 radical (unpaired) electrons. The molecular weight excluding hydrogens is 394 g/mol. The molecular formula is C27H27N5. The Morgan fingerprint density at radius 3 is 2.44 bits per heavy atom. The van der Waals surface area contributed by atoms with Crippen molar-refractivity contribution in [2.45, 2.75) is 40.5 Å². The first-order valence-electron chi connectivity index (χ1n) is 11.4. The highest BCUT2D eigenvalue weighted by atomic mass is 15.1. The summed E-state index contributed by atoms with van der Waals surface area (Å²) in [6.07, 6.45) is 4.69. The van der Waals surface area contributed by atoms with Gasteiger partial charge in [-0.1, -0.05) is 62.7 Å². The van der Waals surface area contributed by atoms with Crippen LogP contribution in [0.15, 0.2) is 59.1 Å². The molecule has 6 rings (SSSR count). The second kappa shape index (κ2) is 6.58. The van der Waals surface area contributed by atoms with Crippen molar-refractivity contribution in [2.24, 2.45) is 21.7 Å². The van der Waals surface area contributed by atoms with E-state index in [0.717, 1.165) is 23.2 Å². The second-order valence-corrected chi connectivity index (χ2v) is 10.1. The van der Waals surface area contributed by atoms with Crippen LogP contribution in [0.5, 0.6) is 0 Å². The number of imidazole rings is 1. The highest BCUT2D eigenvalue weighted by Gasteiger charge is 2.62. The normalized spacial score (nSPS) is 26.7. The van der Waals surface area contributed by atoms with Gasteiger partial charge in [-0.15, -0.1) is 0 Å². The number of allylic oxidation sites excluding steroid dienone is 1. The maximum Gasteiger partial charge on any atom is 0.230 e. The van der Waals surface area contributed by atoms with Gasteiger partial charge < -0.3 is 4.98 Å². The molecule has 2 aliphatic carbocycles. The van der Waals surface area contributed by atoms with Crippen molar-refractivity contribution < 1.29 is 0 Å². The average molecular weight is 422 g/mol. The Labute approximate surface area is 187 Å². The third-order valence-corrected chi connectivity index (χ3v) is 8.01. The van der Waals surface area contributed by atoms with Crippen LogP contribution in [-0.2, 0) is 0 Å². The average Bonchev–Trinajstić information content (AvgIpc) is 3.31. The quantitative estimate of drug-likeness (QED) is 0.406. The molecule has 0 saturated heterocycles. The fraction of sp³-hybridized carbons (Fsp3) is 0.333. The summed E-state index contributed by atoms with van der Waals surface area (Å²) in [5.74, 6) is 1.08. The van der Waals surface area contributed by atoms with E-state index in [2.05, 4.69) is 68.0 Å². The van der Waals surface area contributed by atoms with Crippen molar-refractivity contribution in [1.29, 1.82) is 0 Å². The maximum atomic E-state index is 5.13. The Morgan fingerprint density at radius 1 is 0.969 bits per heavy atom. The standard InChI is InChI=1S/C27H27N5/c1-16-9-11-17(12-10-16)15-18-19-13-14-27(4,26(19,2)3)22(18)30-25-31-23-24(32-25)29-21-8-6-5-7-20(21)28-23/h5-12,15,19H,13-14H2,1-4H3,(H,28,29,31,32). The Balaban J connectivity index is 1.51. The molecule has 2 heterocycles. The van der Waals surface area contributed by atoms with E-state index in [1.807, 2.05) is 24.3 Å². The lowest BCUT2D eigenvalue weighted by Crippen LogP contribution is -2.32. The molecule has 2 bridgehead atoms. The SMILES string of the molecule is Cc1ccc(C=C2C(=Nc3nc4nc5ccccc5nc4[nH]3)C3(C)CCC2C3(C)C)cc1. The molecule has 2 fully saturated rings. The van der Waals surface area contributed by atoms with Crippen molar-refractivity contribution in [3.05, 3.63) is 65.2 Å². The van der Waals surface area contributed by atoms with Crippen LogP contribution in [-0.4, -0.2) is 25.6 Å². The van der Waals surface area contributed by atoms with Gasteiger partial charge >= 0.3 is 0 Å².